The van der Waals surface area contributed by atoms with Crippen LogP contribution in [0, 0.1) is 6.92 Å². The molecule has 0 bridgehead atoms. The van der Waals surface area contributed by atoms with Gasteiger partial charge in [0.1, 0.15) is 11.8 Å². The number of amides is 2. The summed E-state index contributed by atoms with van der Waals surface area (Å²) in [4.78, 5) is 28.6. The van der Waals surface area contributed by atoms with Crippen LogP contribution in [0.2, 0.25) is 10.0 Å². The van der Waals surface area contributed by atoms with Gasteiger partial charge in [0.2, 0.25) is 11.8 Å². The van der Waals surface area contributed by atoms with Crippen molar-refractivity contribution in [1.82, 2.24) is 10.2 Å². The lowest BCUT2D eigenvalue weighted by Crippen LogP contribution is -2.50. The van der Waals surface area contributed by atoms with Crippen LogP contribution in [0.3, 0.4) is 0 Å². The maximum Gasteiger partial charge on any atom is 0.243 e. The largest absolute Gasteiger partial charge is 0.494 e. The zero-order chi connectivity index (χ0) is 26.6. The molecule has 0 aliphatic rings. The first-order valence-corrected chi connectivity index (χ1v) is 13.4. The topological polar surface area (TPSA) is 58.6 Å². The van der Waals surface area contributed by atoms with E-state index in [1.807, 2.05) is 68.4 Å². The molecule has 5 nitrogen and oxygen atoms in total. The molecule has 3 rings (SSSR count). The Hall–Kier alpha value is -3.02. The molecule has 0 spiro atoms. The molecule has 37 heavy (non-hydrogen) atoms. The van der Waals surface area contributed by atoms with Crippen molar-refractivity contribution < 1.29 is 14.3 Å². The molecule has 0 aliphatic carbocycles. The molecule has 3 aromatic rings. The zero-order valence-electron chi connectivity index (χ0n) is 21.4. The molecule has 0 radical (unpaired) electrons. The Labute approximate surface area is 229 Å². The van der Waals surface area contributed by atoms with Crippen molar-refractivity contribution in [2.75, 3.05) is 13.2 Å². The predicted molar refractivity (Wildman–Crippen MR) is 150 cm³/mol. The maximum atomic E-state index is 13.6. The Morgan fingerprint density at radius 1 is 0.946 bits per heavy atom. The summed E-state index contributed by atoms with van der Waals surface area (Å²) in [7, 11) is 0. The predicted octanol–water partition coefficient (Wildman–Crippen LogP) is 6.63. The summed E-state index contributed by atoms with van der Waals surface area (Å²) in [5, 5.41) is 3.89. The van der Waals surface area contributed by atoms with E-state index in [0.29, 0.717) is 41.6 Å². The van der Waals surface area contributed by atoms with Gasteiger partial charge in [0.05, 0.1) is 6.61 Å². The van der Waals surface area contributed by atoms with Crippen molar-refractivity contribution in [2.24, 2.45) is 0 Å². The lowest BCUT2D eigenvalue weighted by atomic mass is 10.0. The van der Waals surface area contributed by atoms with Gasteiger partial charge in [-0.25, -0.2) is 0 Å². The molecule has 0 saturated carbocycles. The van der Waals surface area contributed by atoms with Crippen molar-refractivity contribution in [3.63, 3.8) is 0 Å². The SMILES string of the molecule is CCCNC(=O)[C@@H](Cc1ccccc1)N(Cc1c(Cl)cccc1Cl)C(=O)CCCOc1ccc(C)cc1. The number of hydrogen-bond donors (Lipinski definition) is 1. The van der Waals surface area contributed by atoms with Gasteiger partial charge < -0.3 is 15.0 Å². The van der Waals surface area contributed by atoms with Gasteiger partial charge in [0, 0.05) is 41.5 Å². The minimum atomic E-state index is -0.716. The van der Waals surface area contributed by atoms with Crippen molar-refractivity contribution in [3.05, 3.63) is 99.5 Å². The van der Waals surface area contributed by atoms with E-state index < -0.39 is 6.04 Å². The number of benzene rings is 3. The number of carbonyl (C=O) groups is 2. The van der Waals surface area contributed by atoms with E-state index in [0.717, 1.165) is 23.3 Å². The molecule has 1 atom stereocenters. The number of hydrogen-bond acceptors (Lipinski definition) is 3. The monoisotopic (exact) mass is 540 g/mol. The summed E-state index contributed by atoms with van der Waals surface area (Å²) in [6, 6.07) is 22.0. The average molecular weight is 542 g/mol. The second-order valence-electron chi connectivity index (χ2n) is 8.98. The van der Waals surface area contributed by atoms with E-state index in [9.17, 15) is 9.59 Å². The fourth-order valence-corrected chi connectivity index (χ4v) is 4.48. The Bertz CT molecular complexity index is 1130. The smallest absolute Gasteiger partial charge is 0.243 e. The molecule has 7 heteroatoms. The number of aryl methyl sites for hydroxylation is 1. The van der Waals surface area contributed by atoms with Gasteiger partial charge in [-0.2, -0.15) is 0 Å². The second kappa shape index (κ2) is 14.7. The summed E-state index contributed by atoms with van der Waals surface area (Å²) < 4.78 is 5.81. The van der Waals surface area contributed by atoms with Crippen LogP contribution in [0.15, 0.2) is 72.8 Å². The molecular formula is C30H34Cl2N2O3. The van der Waals surface area contributed by atoms with E-state index >= 15 is 0 Å². The first-order valence-electron chi connectivity index (χ1n) is 12.6. The molecule has 0 aromatic heterocycles. The highest BCUT2D eigenvalue weighted by Gasteiger charge is 2.31. The number of nitrogens with zero attached hydrogens (tertiary/aromatic N) is 1. The fraction of sp³-hybridized carbons (Fsp3) is 0.333. The van der Waals surface area contributed by atoms with Crippen LogP contribution in [-0.2, 0) is 22.6 Å². The lowest BCUT2D eigenvalue weighted by Gasteiger charge is -2.32. The Kier molecular flexibility index (Phi) is 11.3. The van der Waals surface area contributed by atoms with Crippen molar-refractivity contribution in [1.29, 1.82) is 0 Å². The number of ether oxygens (including phenoxy) is 1. The van der Waals surface area contributed by atoms with Crippen LogP contribution < -0.4 is 10.1 Å². The van der Waals surface area contributed by atoms with Crippen LogP contribution in [0.4, 0.5) is 0 Å². The molecule has 2 amide bonds. The molecular weight excluding hydrogens is 507 g/mol. The van der Waals surface area contributed by atoms with Gasteiger partial charge in [-0.1, -0.05) is 84.2 Å². The molecule has 0 aliphatic heterocycles. The third-order valence-electron chi connectivity index (χ3n) is 6.04. The number of rotatable bonds is 13. The quantitative estimate of drug-likeness (QED) is 0.247. The zero-order valence-corrected chi connectivity index (χ0v) is 22.9. The fourth-order valence-electron chi connectivity index (χ4n) is 3.97. The van der Waals surface area contributed by atoms with Crippen molar-refractivity contribution in [2.45, 2.75) is 52.1 Å². The van der Waals surface area contributed by atoms with Crippen LogP contribution in [0.1, 0.15) is 42.9 Å². The van der Waals surface area contributed by atoms with Gasteiger partial charge in [-0.3, -0.25) is 9.59 Å². The summed E-state index contributed by atoms with van der Waals surface area (Å²) >= 11 is 12.9. The summed E-state index contributed by atoms with van der Waals surface area (Å²) in [6.07, 6.45) is 1.91. The third kappa shape index (κ3) is 8.80. The van der Waals surface area contributed by atoms with E-state index in [-0.39, 0.29) is 24.8 Å². The highest BCUT2D eigenvalue weighted by Crippen LogP contribution is 2.27. The maximum absolute atomic E-state index is 13.6. The minimum absolute atomic E-state index is 0.132. The van der Waals surface area contributed by atoms with Crippen molar-refractivity contribution >= 4 is 35.0 Å². The van der Waals surface area contributed by atoms with Gasteiger partial charge in [-0.15, -0.1) is 0 Å². The minimum Gasteiger partial charge on any atom is -0.494 e. The number of carbonyl (C=O) groups excluding carboxylic acids is 2. The van der Waals surface area contributed by atoms with Crippen LogP contribution in [0.5, 0.6) is 5.75 Å². The van der Waals surface area contributed by atoms with Crippen LogP contribution in [-0.4, -0.2) is 35.9 Å². The first kappa shape index (κ1) is 28.5. The third-order valence-corrected chi connectivity index (χ3v) is 6.74. The molecule has 196 valence electrons. The molecule has 0 heterocycles. The summed E-state index contributed by atoms with van der Waals surface area (Å²) in [5.74, 6) is 0.410. The Balaban J connectivity index is 1.82. The van der Waals surface area contributed by atoms with Gasteiger partial charge in [0.25, 0.3) is 0 Å². The highest BCUT2D eigenvalue weighted by atomic mass is 35.5. The summed E-state index contributed by atoms with van der Waals surface area (Å²) in [5.41, 5.74) is 2.74. The normalized spacial score (nSPS) is 11.6. The first-order chi connectivity index (χ1) is 17.9. The Morgan fingerprint density at radius 2 is 1.62 bits per heavy atom. The van der Waals surface area contributed by atoms with E-state index in [1.165, 1.54) is 0 Å². The van der Waals surface area contributed by atoms with E-state index in [2.05, 4.69) is 5.32 Å². The number of nitrogens with one attached hydrogen (secondary N) is 1. The van der Waals surface area contributed by atoms with Crippen LogP contribution in [0.25, 0.3) is 0 Å². The Morgan fingerprint density at radius 3 is 2.27 bits per heavy atom. The van der Waals surface area contributed by atoms with Gasteiger partial charge >= 0.3 is 0 Å². The number of halogens is 2. The van der Waals surface area contributed by atoms with Crippen LogP contribution >= 0.6 is 23.2 Å². The molecule has 0 saturated heterocycles. The molecule has 0 unspecified atom stereocenters. The standard InChI is InChI=1S/C30H34Cl2N2O3/c1-3-18-33-30(36)28(20-23-9-5-4-6-10-23)34(21-25-26(31)11-7-12-27(25)32)29(35)13-8-19-37-24-16-14-22(2)15-17-24/h4-7,9-12,14-17,28H,3,8,13,18-21H2,1-2H3,(H,33,36)/t28-/m1/s1. The lowest BCUT2D eigenvalue weighted by molar-refractivity contribution is -0.141. The summed E-state index contributed by atoms with van der Waals surface area (Å²) in [6.45, 7) is 5.06. The highest BCUT2D eigenvalue weighted by molar-refractivity contribution is 6.36. The second-order valence-corrected chi connectivity index (χ2v) is 9.80. The van der Waals surface area contributed by atoms with E-state index in [1.54, 1.807) is 23.1 Å². The van der Waals surface area contributed by atoms with Gasteiger partial charge in [0.15, 0.2) is 0 Å². The molecule has 0 fully saturated rings. The van der Waals surface area contributed by atoms with E-state index in [4.69, 9.17) is 27.9 Å². The van der Waals surface area contributed by atoms with Gasteiger partial charge in [-0.05, 0) is 49.6 Å². The van der Waals surface area contributed by atoms with Crippen molar-refractivity contribution in [3.8, 4) is 5.75 Å². The molecule has 3 aromatic carbocycles. The average Bonchev–Trinajstić information content (AvgIpc) is 2.90. The molecule has 1 N–H and O–H groups in total.